The van der Waals surface area contributed by atoms with Crippen molar-refractivity contribution >= 4 is 35.8 Å². The molecule has 0 aromatic carbocycles. The Morgan fingerprint density at radius 2 is 2.00 bits per heavy atom. The topological polar surface area (TPSA) is 61.8 Å². The van der Waals surface area contributed by atoms with E-state index in [2.05, 4.69) is 39.6 Å². The van der Waals surface area contributed by atoms with Gasteiger partial charge in [0.25, 0.3) is 0 Å². The molecule has 6 nitrogen and oxygen atoms in total. The van der Waals surface area contributed by atoms with Gasteiger partial charge in [0.1, 0.15) is 5.82 Å². The smallest absolute Gasteiger partial charge is 0.191 e. The fraction of sp³-hybridized carbons (Fsp3) is 0.714. The SMILES string of the molecule is CCNC(=NCc1ccc(N2CCCC2)nc1)NCC1(CCOC)CCC1.I. The van der Waals surface area contributed by atoms with Crippen molar-refractivity contribution < 1.29 is 4.74 Å². The van der Waals surface area contributed by atoms with E-state index in [1.165, 1.54) is 32.1 Å². The van der Waals surface area contributed by atoms with Crippen molar-refractivity contribution in [2.75, 3.05) is 44.8 Å². The number of hydrogen-bond donors (Lipinski definition) is 2. The molecule has 1 aromatic heterocycles. The molecule has 1 aliphatic heterocycles. The number of aromatic nitrogens is 1. The molecule has 3 rings (SSSR count). The maximum Gasteiger partial charge on any atom is 0.191 e. The highest BCUT2D eigenvalue weighted by Crippen LogP contribution is 2.43. The van der Waals surface area contributed by atoms with Crippen LogP contribution in [0.2, 0.25) is 0 Å². The van der Waals surface area contributed by atoms with Crippen LogP contribution in [0.1, 0.15) is 51.0 Å². The zero-order chi connectivity index (χ0) is 19.0. The number of rotatable bonds is 9. The van der Waals surface area contributed by atoms with Gasteiger partial charge in [0.15, 0.2) is 5.96 Å². The fourth-order valence-electron chi connectivity index (χ4n) is 3.94. The number of nitrogens with one attached hydrogen (secondary N) is 2. The zero-order valence-electron chi connectivity index (χ0n) is 17.4. The molecular formula is C21H36IN5O. The van der Waals surface area contributed by atoms with E-state index in [4.69, 9.17) is 9.73 Å². The van der Waals surface area contributed by atoms with Gasteiger partial charge in [-0.15, -0.1) is 24.0 Å². The number of pyridine rings is 1. The third-order valence-electron chi connectivity index (χ3n) is 5.88. The molecular weight excluding hydrogens is 465 g/mol. The molecule has 0 atom stereocenters. The molecule has 1 aliphatic carbocycles. The summed E-state index contributed by atoms with van der Waals surface area (Å²) in [4.78, 5) is 11.7. The predicted octanol–water partition coefficient (Wildman–Crippen LogP) is 3.56. The molecule has 2 N–H and O–H groups in total. The number of nitrogens with zero attached hydrogens (tertiary/aromatic N) is 3. The molecule has 2 fully saturated rings. The molecule has 158 valence electrons. The summed E-state index contributed by atoms with van der Waals surface area (Å²) in [6.45, 7) is 7.68. The van der Waals surface area contributed by atoms with Crippen LogP contribution in [0.25, 0.3) is 0 Å². The lowest BCUT2D eigenvalue weighted by atomic mass is 9.67. The summed E-state index contributed by atoms with van der Waals surface area (Å²) in [6, 6.07) is 4.28. The lowest BCUT2D eigenvalue weighted by Crippen LogP contribution is -2.46. The lowest BCUT2D eigenvalue weighted by molar-refractivity contribution is 0.0732. The predicted molar refractivity (Wildman–Crippen MR) is 127 cm³/mol. The number of anilines is 1. The molecule has 0 spiro atoms. The summed E-state index contributed by atoms with van der Waals surface area (Å²) in [6.07, 6.45) is 9.53. The summed E-state index contributed by atoms with van der Waals surface area (Å²) in [5.41, 5.74) is 1.53. The highest BCUT2D eigenvalue weighted by molar-refractivity contribution is 14.0. The number of hydrogen-bond acceptors (Lipinski definition) is 4. The van der Waals surface area contributed by atoms with Crippen molar-refractivity contribution in [1.29, 1.82) is 0 Å². The van der Waals surface area contributed by atoms with E-state index in [0.717, 1.165) is 56.5 Å². The molecule has 0 bridgehead atoms. The summed E-state index contributed by atoms with van der Waals surface area (Å²) in [7, 11) is 1.79. The van der Waals surface area contributed by atoms with Crippen LogP contribution in [0, 0.1) is 5.41 Å². The van der Waals surface area contributed by atoms with Crippen molar-refractivity contribution in [2.24, 2.45) is 10.4 Å². The van der Waals surface area contributed by atoms with Crippen LogP contribution in [0.3, 0.4) is 0 Å². The van der Waals surface area contributed by atoms with Crippen molar-refractivity contribution in [1.82, 2.24) is 15.6 Å². The molecule has 2 heterocycles. The maximum atomic E-state index is 5.30. The third kappa shape index (κ3) is 6.47. The summed E-state index contributed by atoms with van der Waals surface area (Å²) in [5, 5.41) is 6.92. The van der Waals surface area contributed by atoms with Crippen molar-refractivity contribution in [3.8, 4) is 0 Å². The van der Waals surface area contributed by atoms with Gasteiger partial charge in [-0.1, -0.05) is 12.5 Å². The Morgan fingerprint density at radius 3 is 2.57 bits per heavy atom. The Bertz CT molecular complexity index is 597. The number of guanidine groups is 1. The van der Waals surface area contributed by atoms with E-state index in [0.29, 0.717) is 12.0 Å². The van der Waals surface area contributed by atoms with Crippen LogP contribution < -0.4 is 15.5 Å². The minimum absolute atomic E-state index is 0. The molecule has 0 amide bonds. The number of aliphatic imine (C=N–C) groups is 1. The summed E-state index contributed by atoms with van der Waals surface area (Å²) < 4.78 is 5.30. The first-order valence-electron chi connectivity index (χ1n) is 10.5. The van der Waals surface area contributed by atoms with Gasteiger partial charge in [0.2, 0.25) is 0 Å². The highest BCUT2D eigenvalue weighted by atomic mass is 127. The van der Waals surface area contributed by atoms with Crippen LogP contribution in [0.5, 0.6) is 0 Å². The van der Waals surface area contributed by atoms with Crippen LogP contribution >= 0.6 is 24.0 Å². The van der Waals surface area contributed by atoms with Gasteiger partial charge >= 0.3 is 0 Å². The number of ether oxygens (including phenoxy) is 1. The van der Waals surface area contributed by atoms with Gasteiger partial charge in [-0.2, -0.15) is 0 Å². The molecule has 2 aliphatic rings. The van der Waals surface area contributed by atoms with Crippen molar-refractivity contribution in [3.05, 3.63) is 23.9 Å². The van der Waals surface area contributed by atoms with Crippen LogP contribution in [0.15, 0.2) is 23.3 Å². The first kappa shape index (κ1) is 23.2. The van der Waals surface area contributed by atoms with Gasteiger partial charge in [-0.3, -0.25) is 0 Å². The minimum Gasteiger partial charge on any atom is -0.385 e. The van der Waals surface area contributed by atoms with E-state index in [1.54, 1.807) is 7.11 Å². The number of methoxy groups -OCH3 is 1. The molecule has 1 saturated carbocycles. The second-order valence-electron chi connectivity index (χ2n) is 7.86. The van der Waals surface area contributed by atoms with Crippen LogP contribution in [0.4, 0.5) is 5.82 Å². The Balaban J connectivity index is 0.00000280. The molecule has 1 aromatic rings. The second kappa shape index (κ2) is 11.8. The van der Waals surface area contributed by atoms with Gasteiger partial charge in [0.05, 0.1) is 6.54 Å². The van der Waals surface area contributed by atoms with E-state index in [-0.39, 0.29) is 24.0 Å². The zero-order valence-corrected chi connectivity index (χ0v) is 19.7. The third-order valence-corrected chi connectivity index (χ3v) is 5.88. The molecule has 1 saturated heterocycles. The van der Waals surface area contributed by atoms with Crippen molar-refractivity contribution in [2.45, 2.75) is 52.0 Å². The van der Waals surface area contributed by atoms with Crippen molar-refractivity contribution in [3.63, 3.8) is 0 Å². The van der Waals surface area contributed by atoms with Crippen LogP contribution in [-0.4, -0.2) is 50.8 Å². The quantitative estimate of drug-likeness (QED) is 0.308. The first-order chi connectivity index (χ1) is 13.2. The average molecular weight is 501 g/mol. The lowest BCUT2D eigenvalue weighted by Gasteiger charge is -2.42. The van der Waals surface area contributed by atoms with Crippen LogP contribution in [-0.2, 0) is 11.3 Å². The van der Waals surface area contributed by atoms with Gasteiger partial charge < -0.3 is 20.3 Å². The fourth-order valence-corrected chi connectivity index (χ4v) is 3.94. The Morgan fingerprint density at radius 1 is 1.21 bits per heavy atom. The molecule has 0 radical (unpaired) electrons. The van der Waals surface area contributed by atoms with E-state index in [1.807, 2.05) is 6.20 Å². The van der Waals surface area contributed by atoms with Gasteiger partial charge in [-0.05, 0) is 56.1 Å². The number of halogens is 1. The largest absolute Gasteiger partial charge is 0.385 e. The monoisotopic (exact) mass is 501 g/mol. The van der Waals surface area contributed by atoms with E-state index >= 15 is 0 Å². The Hall–Kier alpha value is -1.09. The van der Waals surface area contributed by atoms with Gasteiger partial charge in [0, 0.05) is 46.1 Å². The van der Waals surface area contributed by atoms with Gasteiger partial charge in [-0.25, -0.2) is 9.98 Å². The summed E-state index contributed by atoms with van der Waals surface area (Å²) in [5.74, 6) is 1.99. The summed E-state index contributed by atoms with van der Waals surface area (Å²) >= 11 is 0. The standard InChI is InChI=1S/C21H35N5O.HI/c1-3-22-20(25-17-21(9-6-10-21)11-14-27-2)24-16-18-7-8-19(23-15-18)26-12-4-5-13-26;/h7-8,15H,3-6,9-14,16-17H2,1-2H3,(H2,22,24,25);1H. The Labute approximate surface area is 186 Å². The van der Waals surface area contributed by atoms with E-state index < -0.39 is 0 Å². The Kier molecular flexibility index (Phi) is 9.77. The normalized spacial score (nSPS) is 18.4. The molecule has 0 unspecified atom stereocenters. The average Bonchev–Trinajstić information content (AvgIpc) is 3.20. The molecule has 28 heavy (non-hydrogen) atoms. The highest BCUT2D eigenvalue weighted by Gasteiger charge is 2.36. The maximum absolute atomic E-state index is 5.30. The minimum atomic E-state index is 0. The van der Waals surface area contributed by atoms with E-state index in [9.17, 15) is 0 Å². The first-order valence-corrected chi connectivity index (χ1v) is 10.5. The second-order valence-corrected chi connectivity index (χ2v) is 7.86. The molecule has 7 heteroatoms.